The van der Waals surface area contributed by atoms with Crippen molar-refractivity contribution in [2.24, 2.45) is 7.05 Å². The molecule has 0 bridgehead atoms. The molecule has 4 aromatic rings. The lowest BCUT2D eigenvalue weighted by atomic mass is 10.0. The summed E-state index contributed by atoms with van der Waals surface area (Å²) in [6.45, 7) is 8.50. The Labute approximate surface area is 246 Å². The van der Waals surface area contributed by atoms with Gasteiger partial charge < -0.3 is 34.9 Å². The molecule has 0 spiro atoms. The molecular formula is C31H38N8O3. The summed E-state index contributed by atoms with van der Waals surface area (Å²) in [4.78, 5) is 24.9. The van der Waals surface area contributed by atoms with E-state index >= 15 is 0 Å². The fourth-order valence-corrected chi connectivity index (χ4v) is 4.71. The van der Waals surface area contributed by atoms with E-state index in [-0.39, 0.29) is 6.09 Å². The topological polar surface area (TPSA) is 135 Å². The minimum absolute atomic E-state index is 0.355. The molecule has 2 heterocycles. The SMILES string of the molecule is COc1cc(N(C)CCN(C)C(=O)OC(C)(C)C)c(N)cc1Nc1nccc(-c2cc(C#N)c3c(c2)c(C)cn3C)n1. The monoisotopic (exact) mass is 570 g/mol. The Morgan fingerprint density at radius 2 is 1.93 bits per heavy atom. The van der Waals surface area contributed by atoms with Gasteiger partial charge in [-0.25, -0.2) is 14.8 Å². The first kappa shape index (κ1) is 30.0. The molecule has 0 aliphatic carbocycles. The van der Waals surface area contributed by atoms with Crippen molar-refractivity contribution in [3.63, 3.8) is 0 Å². The van der Waals surface area contributed by atoms with Gasteiger partial charge in [0.1, 0.15) is 17.4 Å². The lowest BCUT2D eigenvalue weighted by Crippen LogP contribution is -2.38. The lowest BCUT2D eigenvalue weighted by molar-refractivity contribution is 0.0303. The minimum Gasteiger partial charge on any atom is -0.494 e. The van der Waals surface area contributed by atoms with Crippen LogP contribution in [-0.2, 0) is 11.8 Å². The number of rotatable bonds is 8. The maximum absolute atomic E-state index is 12.3. The van der Waals surface area contributed by atoms with Crippen molar-refractivity contribution in [3.05, 3.63) is 53.9 Å². The van der Waals surface area contributed by atoms with Gasteiger partial charge >= 0.3 is 6.09 Å². The van der Waals surface area contributed by atoms with Crippen molar-refractivity contribution < 1.29 is 14.3 Å². The van der Waals surface area contributed by atoms with Crippen molar-refractivity contribution in [3.8, 4) is 23.1 Å². The number of nitrogens with two attached hydrogens (primary N) is 1. The molecule has 0 radical (unpaired) electrons. The van der Waals surface area contributed by atoms with E-state index in [0.717, 1.165) is 27.7 Å². The summed E-state index contributed by atoms with van der Waals surface area (Å²) in [5.41, 5.74) is 11.8. The minimum atomic E-state index is -0.560. The number of anilines is 4. The Bertz CT molecular complexity index is 1670. The van der Waals surface area contributed by atoms with E-state index in [1.54, 1.807) is 26.4 Å². The fourth-order valence-electron chi connectivity index (χ4n) is 4.71. The number of aromatic nitrogens is 3. The highest BCUT2D eigenvalue weighted by Crippen LogP contribution is 2.36. The van der Waals surface area contributed by atoms with Crippen LogP contribution < -0.4 is 20.7 Å². The Morgan fingerprint density at radius 1 is 1.19 bits per heavy atom. The number of methoxy groups -OCH3 is 1. The van der Waals surface area contributed by atoms with Gasteiger partial charge in [0, 0.05) is 63.6 Å². The number of carbonyl (C=O) groups excluding carboxylic acids is 1. The molecule has 0 saturated carbocycles. The number of likely N-dealkylation sites (N-methyl/N-ethyl adjacent to an activating group) is 2. The number of nitriles is 1. The third-order valence-electron chi connectivity index (χ3n) is 6.83. The molecule has 11 heteroatoms. The summed E-state index contributed by atoms with van der Waals surface area (Å²) < 4.78 is 13.1. The highest BCUT2D eigenvalue weighted by atomic mass is 16.6. The molecular weight excluding hydrogens is 532 g/mol. The number of hydrogen-bond donors (Lipinski definition) is 2. The fraction of sp³-hybridized carbons (Fsp3) is 0.355. The number of fused-ring (bicyclic) bond motifs is 1. The Kier molecular flexibility index (Phi) is 8.47. The Balaban J connectivity index is 1.55. The number of nitrogens with zero attached hydrogens (tertiary/aromatic N) is 6. The zero-order chi connectivity index (χ0) is 30.8. The zero-order valence-corrected chi connectivity index (χ0v) is 25.4. The van der Waals surface area contributed by atoms with Crippen molar-refractivity contribution >= 4 is 40.0 Å². The van der Waals surface area contributed by atoms with E-state index in [2.05, 4.69) is 16.4 Å². The molecule has 3 N–H and O–H groups in total. The molecule has 42 heavy (non-hydrogen) atoms. The van der Waals surface area contributed by atoms with Gasteiger partial charge in [-0.3, -0.25) is 0 Å². The predicted octanol–water partition coefficient (Wildman–Crippen LogP) is 5.45. The van der Waals surface area contributed by atoms with Gasteiger partial charge in [0.25, 0.3) is 0 Å². The standard InChI is InChI=1S/C31H38N8O3/c1-19-18-39(7)28-21(17-32)13-20(14-22(19)28)24-9-10-34-29(35-24)36-25-15-23(33)26(16-27(25)41-8)37(5)11-12-38(6)30(40)42-31(2,3)4/h9-10,13-16,18H,11-12,33H2,1-8H3,(H,34,35,36). The van der Waals surface area contributed by atoms with Crippen LogP contribution in [0.5, 0.6) is 5.75 Å². The van der Waals surface area contributed by atoms with Crippen LogP contribution in [0.4, 0.5) is 27.8 Å². The second-order valence-corrected chi connectivity index (χ2v) is 11.3. The van der Waals surface area contributed by atoms with Gasteiger partial charge in [-0.05, 0) is 57.5 Å². The lowest BCUT2D eigenvalue weighted by Gasteiger charge is -2.28. The first-order chi connectivity index (χ1) is 19.8. The molecule has 0 aliphatic heterocycles. The molecule has 11 nitrogen and oxygen atoms in total. The maximum Gasteiger partial charge on any atom is 0.410 e. The molecule has 4 rings (SSSR count). The summed E-state index contributed by atoms with van der Waals surface area (Å²) in [5, 5.41) is 14.0. The average Bonchev–Trinajstić information content (AvgIpc) is 3.23. The van der Waals surface area contributed by atoms with Gasteiger partial charge in [-0.1, -0.05) is 0 Å². The molecule has 2 aromatic carbocycles. The third-order valence-corrected chi connectivity index (χ3v) is 6.83. The van der Waals surface area contributed by atoms with Crippen LogP contribution >= 0.6 is 0 Å². The molecule has 0 fully saturated rings. The second-order valence-electron chi connectivity index (χ2n) is 11.3. The van der Waals surface area contributed by atoms with Crippen LogP contribution in [0, 0.1) is 18.3 Å². The molecule has 1 amide bonds. The van der Waals surface area contributed by atoms with Crippen LogP contribution in [0.2, 0.25) is 0 Å². The zero-order valence-electron chi connectivity index (χ0n) is 25.4. The van der Waals surface area contributed by atoms with Gasteiger partial charge in [0.05, 0.1) is 40.9 Å². The third kappa shape index (κ3) is 6.49. The molecule has 2 aromatic heterocycles. The van der Waals surface area contributed by atoms with Gasteiger partial charge in [0.2, 0.25) is 5.95 Å². The quantitative estimate of drug-likeness (QED) is 0.265. The number of benzene rings is 2. The number of nitrogens with one attached hydrogen (secondary N) is 1. The largest absolute Gasteiger partial charge is 0.494 e. The number of carbonyl (C=O) groups is 1. The normalized spacial score (nSPS) is 11.2. The van der Waals surface area contributed by atoms with E-state index in [9.17, 15) is 10.1 Å². The van der Waals surface area contributed by atoms with E-state index in [1.165, 1.54) is 4.90 Å². The van der Waals surface area contributed by atoms with Crippen LogP contribution in [0.25, 0.3) is 22.2 Å². The summed E-state index contributed by atoms with van der Waals surface area (Å²) in [7, 11) is 7.11. The Hall–Kier alpha value is -4.98. The van der Waals surface area contributed by atoms with Gasteiger partial charge in [-0.2, -0.15) is 5.26 Å². The van der Waals surface area contributed by atoms with Crippen molar-refractivity contribution in [1.82, 2.24) is 19.4 Å². The number of hydrogen-bond acceptors (Lipinski definition) is 9. The molecule has 0 atom stereocenters. The summed E-state index contributed by atoms with van der Waals surface area (Å²) in [6.07, 6.45) is 3.29. The van der Waals surface area contributed by atoms with Gasteiger partial charge in [-0.15, -0.1) is 0 Å². The van der Waals surface area contributed by atoms with Crippen molar-refractivity contribution in [2.75, 3.05) is 50.2 Å². The molecule has 220 valence electrons. The number of aryl methyl sites for hydroxylation is 2. The van der Waals surface area contributed by atoms with E-state index in [0.29, 0.717) is 47.4 Å². The van der Waals surface area contributed by atoms with Crippen LogP contribution in [0.15, 0.2) is 42.7 Å². The van der Waals surface area contributed by atoms with Gasteiger partial charge in [0.15, 0.2) is 0 Å². The first-order valence-electron chi connectivity index (χ1n) is 13.5. The number of nitrogen functional groups attached to an aromatic ring is 1. The van der Waals surface area contributed by atoms with Crippen LogP contribution in [-0.4, -0.2) is 65.4 Å². The smallest absolute Gasteiger partial charge is 0.410 e. The van der Waals surface area contributed by atoms with Crippen molar-refractivity contribution in [2.45, 2.75) is 33.3 Å². The first-order valence-corrected chi connectivity index (χ1v) is 13.5. The predicted molar refractivity (Wildman–Crippen MR) is 166 cm³/mol. The van der Waals surface area contributed by atoms with Crippen LogP contribution in [0.1, 0.15) is 31.9 Å². The summed E-state index contributed by atoms with van der Waals surface area (Å²) >= 11 is 0. The average molecular weight is 571 g/mol. The maximum atomic E-state index is 12.3. The Morgan fingerprint density at radius 3 is 2.60 bits per heavy atom. The van der Waals surface area contributed by atoms with E-state index in [1.807, 2.05) is 81.7 Å². The van der Waals surface area contributed by atoms with Crippen molar-refractivity contribution in [1.29, 1.82) is 5.26 Å². The molecule has 0 saturated heterocycles. The highest BCUT2D eigenvalue weighted by molar-refractivity contribution is 5.92. The van der Waals surface area contributed by atoms with E-state index < -0.39 is 5.60 Å². The summed E-state index contributed by atoms with van der Waals surface area (Å²) in [6, 6.07) is 11.6. The molecule has 0 unspecified atom stereocenters. The highest BCUT2D eigenvalue weighted by Gasteiger charge is 2.20. The second kappa shape index (κ2) is 11.9. The number of ether oxygens (including phenoxy) is 2. The van der Waals surface area contributed by atoms with Crippen LogP contribution in [0.3, 0.4) is 0 Å². The summed E-state index contributed by atoms with van der Waals surface area (Å²) in [5.74, 6) is 0.905. The van der Waals surface area contributed by atoms with E-state index in [4.69, 9.17) is 20.2 Å². The molecule has 0 aliphatic rings. The number of amides is 1.